The number of rotatable bonds is 5. The Morgan fingerprint density at radius 1 is 0.946 bits per heavy atom. The molecule has 2 aromatic heterocycles. The van der Waals surface area contributed by atoms with E-state index in [0.717, 1.165) is 72.2 Å². The molecule has 2 aliphatic rings. The van der Waals surface area contributed by atoms with Gasteiger partial charge in [-0.25, -0.2) is 14.0 Å². The number of carbonyl (C=O) groups excluding carboxylic acids is 2. The first-order valence-corrected chi connectivity index (χ1v) is 14.7. The van der Waals surface area contributed by atoms with Gasteiger partial charge in [0.15, 0.2) is 0 Å². The predicted molar refractivity (Wildman–Crippen MR) is 148 cm³/mol. The Kier molecular flexibility index (Phi) is 7.41. The smallest absolute Gasteiger partial charge is 0.341 e. The van der Waals surface area contributed by atoms with Crippen LogP contribution in [0.2, 0.25) is 0 Å². The molecule has 0 bridgehead atoms. The summed E-state index contributed by atoms with van der Waals surface area (Å²) in [5.41, 5.74) is 3.70. The van der Waals surface area contributed by atoms with Gasteiger partial charge in [0.1, 0.15) is 16.4 Å². The summed E-state index contributed by atoms with van der Waals surface area (Å²) in [4.78, 5) is 29.6. The molecule has 0 radical (unpaired) electrons. The maximum Gasteiger partial charge on any atom is 0.341 e. The number of ether oxygens (including phenoxy) is 1. The van der Waals surface area contributed by atoms with Gasteiger partial charge < -0.3 is 10.1 Å². The molecular weight excluding hydrogens is 507 g/mol. The molecule has 3 aromatic rings. The van der Waals surface area contributed by atoms with Gasteiger partial charge in [-0.2, -0.15) is 0 Å². The van der Waals surface area contributed by atoms with Crippen LogP contribution in [0.25, 0.3) is 10.4 Å². The van der Waals surface area contributed by atoms with Crippen LogP contribution in [0.4, 0.5) is 14.2 Å². The number of carbonyl (C=O) groups is 2. The minimum Gasteiger partial charge on any atom is -0.456 e. The molecule has 196 valence electrons. The lowest BCUT2D eigenvalue weighted by molar-refractivity contribution is 0.00699. The van der Waals surface area contributed by atoms with Crippen LogP contribution in [-0.4, -0.2) is 17.6 Å². The predicted octanol–water partition coefficient (Wildman–Crippen LogP) is 7.65. The molecular formula is C29H33FN2O3S2. The Hall–Kier alpha value is -2.71. The molecule has 2 heterocycles. The maximum atomic E-state index is 14.7. The van der Waals surface area contributed by atoms with Crippen molar-refractivity contribution in [3.63, 3.8) is 0 Å². The van der Waals surface area contributed by atoms with Gasteiger partial charge in [-0.15, -0.1) is 22.7 Å². The van der Waals surface area contributed by atoms with Crippen LogP contribution in [0.3, 0.4) is 0 Å². The summed E-state index contributed by atoms with van der Waals surface area (Å²) in [6.07, 6.45) is 7.99. The molecule has 8 heteroatoms. The highest BCUT2D eigenvalue weighted by molar-refractivity contribution is 7.17. The topological polar surface area (TPSA) is 67.4 Å². The molecule has 0 fully saturated rings. The van der Waals surface area contributed by atoms with E-state index in [9.17, 15) is 14.0 Å². The van der Waals surface area contributed by atoms with E-state index in [2.05, 4.69) is 10.6 Å². The SMILES string of the molecule is CC(C)(C)OC(=O)c1c(NC(=O)NCc2c(-c3ccccc3F)sc3c2CCCC3)sc2c1CCCC2. The molecule has 0 aliphatic heterocycles. The van der Waals surface area contributed by atoms with E-state index in [1.807, 2.05) is 26.8 Å². The first-order valence-electron chi connectivity index (χ1n) is 13.0. The third-order valence-electron chi connectivity index (χ3n) is 6.83. The van der Waals surface area contributed by atoms with E-state index in [0.29, 0.717) is 22.7 Å². The quantitative estimate of drug-likeness (QED) is 0.327. The summed E-state index contributed by atoms with van der Waals surface area (Å²) in [7, 11) is 0. The van der Waals surface area contributed by atoms with Crippen LogP contribution in [0.5, 0.6) is 0 Å². The van der Waals surface area contributed by atoms with Crippen LogP contribution in [0.1, 0.15) is 83.3 Å². The number of hydrogen-bond acceptors (Lipinski definition) is 5. The fourth-order valence-corrected chi connectivity index (χ4v) is 7.90. The van der Waals surface area contributed by atoms with Crippen LogP contribution in [0.15, 0.2) is 24.3 Å². The second-order valence-corrected chi connectivity index (χ2v) is 12.9. The van der Waals surface area contributed by atoms with Gasteiger partial charge in [-0.05, 0) is 94.9 Å². The van der Waals surface area contributed by atoms with Gasteiger partial charge in [0.25, 0.3) is 0 Å². The van der Waals surface area contributed by atoms with Crippen molar-refractivity contribution in [2.75, 3.05) is 5.32 Å². The number of nitrogens with one attached hydrogen (secondary N) is 2. The van der Waals surface area contributed by atoms with Crippen molar-refractivity contribution in [3.05, 3.63) is 62.1 Å². The van der Waals surface area contributed by atoms with E-state index in [1.165, 1.54) is 27.8 Å². The molecule has 0 unspecified atom stereocenters. The highest BCUT2D eigenvalue weighted by atomic mass is 32.1. The van der Waals surface area contributed by atoms with E-state index in [1.54, 1.807) is 23.5 Å². The van der Waals surface area contributed by atoms with E-state index < -0.39 is 11.6 Å². The Labute approximate surface area is 225 Å². The third-order valence-corrected chi connectivity index (χ3v) is 9.40. The normalized spacial score (nSPS) is 15.0. The highest BCUT2D eigenvalue weighted by Gasteiger charge is 2.30. The number of aryl methyl sites for hydroxylation is 2. The largest absolute Gasteiger partial charge is 0.456 e. The summed E-state index contributed by atoms with van der Waals surface area (Å²) in [6, 6.07) is 6.45. The Morgan fingerprint density at radius 2 is 1.59 bits per heavy atom. The zero-order chi connectivity index (χ0) is 26.2. The van der Waals surface area contributed by atoms with E-state index in [-0.39, 0.29) is 11.8 Å². The second-order valence-electron chi connectivity index (χ2n) is 10.7. The maximum absolute atomic E-state index is 14.7. The number of anilines is 1. The standard InChI is InChI=1S/C29H33FN2O3S2/c1-29(2,3)35-27(33)24-19-12-6-9-15-23(19)37-26(24)32-28(34)31-16-20-17-10-5-8-14-22(17)36-25(20)18-11-4-7-13-21(18)30/h4,7,11,13H,5-6,8-10,12,14-16H2,1-3H3,(H2,31,32,34). The number of hydrogen-bond donors (Lipinski definition) is 2. The fraction of sp³-hybridized carbons (Fsp3) is 0.448. The van der Waals surface area contributed by atoms with Crippen LogP contribution in [0, 0.1) is 5.82 Å². The first-order chi connectivity index (χ1) is 17.7. The van der Waals surface area contributed by atoms with Gasteiger partial charge in [-0.3, -0.25) is 5.32 Å². The molecule has 5 nitrogen and oxygen atoms in total. The number of esters is 1. The van der Waals surface area contributed by atoms with Crippen molar-refractivity contribution in [3.8, 4) is 10.4 Å². The van der Waals surface area contributed by atoms with Crippen molar-refractivity contribution in [1.29, 1.82) is 0 Å². The number of amides is 2. The zero-order valence-corrected chi connectivity index (χ0v) is 23.2. The Balaban J connectivity index is 1.39. The second kappa shape index (κ2) is 10.6. The summed E-state index contributed by atoms with van der Waals surface area (Å²) in [5.74, 6) is -0.645. The molecule has 2 N–H and O–H groups in total. The Morgan fingerprint density at radius 3 is 2.30 bits per heavy atom. The van der Waals surface area contributed by atoms with Crippen molar-refractivity contribution in [2.24, 2.45) is 0 Å². The minimum absolute atomic E-state index is 0.252. The molecule has 2 amide bonds. The molecule has 0 spiro atoms. The molecule has 0 saturated carbocycles. The lowest BCUT2D eigenvalue weighted by atomic mass is 9.93. The van der Waals surface area contributed by atoms with Crippen LogP contribution >= 0.6 is 22.7 Å². The van der Waals surface area contributed by atoms with Crippen LogP contribution in [-0.2, 0) is 37.0 Å². The lowest BCUT2D eigenvalue weighted by Crippen LogP contribution is -2.30. The molecule has 0 atom stereocenters. The minimum atomic E-state index is -0.624. The molecule has 1 aromatic carbocycles. The first kappa shape index (κ1) is 25.9. The van der Waals surface area contributed by atoms with Gasteiger partial charge in [0.05, 0.1) is 5.56 Å². The summed E-state index contributed by atoms with van der Waals surface area (Å²) in [6.45, 7) is 5.84. The molecule has 2 aliphatic carbocycles. The highest BCUT2D eigenvalue weighted by Crippen LogP contribution is 2.42. The monoisotopic (exact) mass is 540 g/mol. The average Bonchev–Trinajstić information content (AvgIpc) is 3.39. The van der Waals surface area contributed by atoms with Crippen molar-refractivity contribution < 1.29 is 18.7 Å². The van der Waals surface area contributed by atoms with Crippen molar-refractivity contribution in [1.82, 2.24) is 5.32 Å². The number of halogens is 1. The molecule has 0 saturated heterocycles. The van der Waals surface area contributed by atoms with E-state index in [4.69, 9.17) is 4.74 Å². The van der Waals surface area contributed by atoms with Gasteiger partial charge in [-0.1, -0.05) is 18.2 Å². The number of fused-ring (bicyclic) bond motifs is 2. The number of thiophene rings is 2. The number of benzene rings is 1. The fourth-order valence-electron chi connectivity index (χ4n) is 5.20. The lowest BCUT2D eigenvalue weighted by Gasteiger charge is -2.21. The summed E-state index contributed by atoms with van der Waals surface area (Å²) in [5, 5.41) is 6.48. The van der Waals surface area contributed by atoms with Gasteiger partial charge >= 0.3 is 12.0 Å². The number of urea groups is 1. The molecule has 37 heavy (non-hydrogen) atoms. The summed E-state index contributed by atoms with van der Waals surface area (Å²) < 4.78 is 20.4. The van der Waals surface area contributed by atoms with Gasteiger partial charge in [0, 0.05) is 26.7 Å². The Bertz CT molecular complexity index is 1340. The van der Waals surface area contributed by atoms with Crippen molar-refractivity contribution >= 4 is 39.7 Å². The van der Waals surface area contributed by atoms with Crippen LogP contribution < -0.4 is 10.6 Å². The zero-order valence-electron chi connectivity index (χ0n) is 21.6. The third kappa shape index (κ3) is 5.60. The van der Waals surface area contributed by atoms with E-state index >= 15 is 0 Å². The van der Waals surface area contributed by atoms with Gasteiger partial charge in [0.2, 0.25) is 0 Å². The summed E-state index contributed by atoms with van der Waals surface area (Å²) >= 11 is 3.12. The average molecular weight is 541 g/mol. The molecule has 5 rings (SSSR count). The van der Waals surface area contributed by atoms with Crippen molar-refractivity contribution in [2.45, 2.75) is 84.3 Å².